The van der Waals surface area contributed by atoms with Gasteiger partial charge in [-0.1, -0.05) is 12.1 Å². The smallest absolute Gasteiger partial charge is 0.337 e. The van der Waals surface area contributed by atoms with Crippen LogP contribution in [0.5, 0.6) is 0 Å². The van der Waals surface area contributed by atoms with Crippen molar-refractivity contribution in [3.05, 3.63) is 29.8 Å². The molecule has 0 spiro atoms. The van der Waals surface area contributed by atoms with E-state index in [2.05, 4.69) is 10.6 Å². The maximum atomic E-state index is 12.8. The van der Waals surface area contributed by atoms with Crippen LogP contribution in [0.25, 0.3) is 0 Å². The Morgan fingerprint density at radius 1 is 1.30 bits per heavy atom. The van der Waals surface area contributed by atoms with Crippen molar-refractivity contribution in [3.8, 4) is 0 Å². The van der Waals surface area contributed by atoms with Gasteiger partial charge in [-0.25, -0.2) is 4.79 Å². The second-order valence-electron chi connectivity index (χ2n) is 5.06. The van der Waals surface area contributed by atoms with E-state index in [1.54, 1.807) is 0 Å². The quantitative estimate of drug-likeness (QED) is 0.796. The summed E-state index contributed by atoms with van der Waals surface area (Å²) in [6.07, 6.45) is -2.63. The molecule has 1 aromatic carbocycles. The van der Waals surface area contributed by atoms with Gasteiger partial charge in [-0.3, -0.25) is 0 Å². The highest BCUT2D eigenvalue weighted by molar-refractivity contribution is 5.90. The van der Waals surface area contributed by atoms with E-state index < -0.39 is 17.8 Å². The molecule has 20 heavy (non-hydrogen) atoms. The van der Waals surface area contributed by atoms with E-state index in [4.69, 9.17) is 5.73 Å². The van der Waals surface area contributed by atoms with E-state index >= 15 is 0 Å². The summed E-state index contributed by atoms with van der Waals surface area (Å²) < 4.78 is 38.3. The number of hydrogen-bond donors (Lipinski definition) is 3. The number of nitrogens with two attached hydrogens (primary N) is 1. The number of urea groups is 1. The summed E-state index contributed by atoms with van der Waals surface area (Å²) in [7, 11) is 0. The van der Waals surface area contributed by atoms with Crippen molar-refractivity contribution in [2.24, 2.45) is 11.1 Å². The van der Waals surface area contributed by atoms with Gasteiger partial charge in [-0.05, 0) is 31.5 Å². The third kappa shape index (κ3) is 3.41. The minimum atomic E-state index is -4.50. The zero-order chi connectivity index (χ0) is 14.8. The van der Waals surface area contributed by atoms with Gasteiger partial charge in [-0.15, -0.1) is 0 Å². The van der Waals surface area contributed by atoms with E-state index in [1.807, 2.05) is 0 Å². The topological polar surface area (TPSA) is 67.1 Å². The molecule has 4 N–H and O–H groups in total. The van der Waals surface area contributed by atoms with Crippen molar-refractivity contribution in [1.82, 2.24) is 5.32 Å². The molecular formula is C13H16F3N3O. The summed E-state index contributed by atoms with van der Waals surface area (Å²) in [6.45, 7) is 0.843. The zero-order valence-corrected chi connectivity index (χ0v) is 10.8. The molecule has 0 radical (unpaired) electrons. The van der Waals surface area contributed by atoms with Crippen LogP contribution in [0.15, 0.2) is 24.3 Å². The Hall–Kier alpha value is -1.76. The summed E-state index contributed by atoms with van der Waals surface area (Å²) in [6, 6.07) is 4.21. The van der Waals surface area contributed by atoms with E-state index in [0.29, 0.717) is 13.1 Å². The SMILES string of the molecule is NCC1(CNC(=O)Nc2ccccc2C(F)(F)F)CC1. The van der Waals surface area contributed by atoms with Gasteiger partial charge >= 0.3 is 12.2 Å². The molecule has 0 aromatic heterocycles. The van der Waals surface area contributed by atoms with Gasteiger partial charge in [0, 0.05) is 12.0 Å². The minimum absolute atomic E-state index is 0.0686. The van der Waals surface area contributed by atoms with Crippen molar-refractivity contribution in [2.45, 2.75) is 19.0 Å². The highest BCUT2D eigenvalue weighted by Crippen LogP contribution is 2.43. The number of halogens is 3. The number of benzene rings is 1. The number of amides is 2. The number of nitrogens with one attached hydrogen (secondary N) is 2. The zero-order valence-electron chi connectivity index (χ0n) is 10.8. The van der Waals surface area contributed by atoms with Crippen LogP contribution in [0.2, 0.25) is 0 Å². The molecule has 2 rings (SSSR count). The van der Waals surface area contributed by atoms with Crippen LogP contribution in [0.4, 0.5) is 23.7 Å². The Morgan fingerprint density at radius 3 is 2.50 bits per heavy atom. The van der Waals surface area contributed by atoms with Gasteiger partial charge in [0.25, 0.3) is 0 Å². The maximum Gasteiger partial charge on any atom is 0.418 e. The van der Waals surface area contributed by atoms with Crippen molar-refractivity contribution in [3.63, 3.8) is 0 Å². The normalized spacial score (nSPS) is 16.6. The van der Waals surface area contributed by atoms with Crippen LogP contribution in [-0.2, 0) is 6.18 Å². The molecule has 0 atom stereocenters. The lowest BCUT2D eigenvalue weighted by Gasteiger charge is -2.16. The second-order valence-corrected chi connectivity index (χ2v) is 5.06. The van der Waals surface area contributed by atoms with Crippen LogP contribution in [0.3, 0.4) is 0 Å². The number of hydrogen-bond acceptors (Lipinski definition) is 2. The van der Waals surface area contributed by atoms with E-state index in [-0.39, 0.29) is 11.1 Å². The first-order valence-electron chi connectivity index (χ1n) is 6.27. The average Bonchev–Trinajstić information content (AvgIpc) is 3.16. The molecule has 0 aliphatic heterocycles. The molecule has 1 aliphatic rings. The monoisotopic (exact) mass is 287 g/mol. The van der Waals surface area contributed by atoms with Crippen molar-refractivity contribution >= 4 is 11.7 Å². The van der Waals surface area contributed by atoms with Crippen LogP contribution < -0.4 is 16.4 Å². The predicted molar refractivity (Wildman–Crippen MR) is 69.2 cm³/mol. The number of anilines is 1. The first-order chi connectivity index (χ1) is 9.36. The summed E-state index contributed by atoms with van der Waals surface area (Å²) in [5.74, 6) is 0. The summed E-state index contributed by atoms with van der Waals surface area (Å²) in [5, 5.41) is 4.80. The predicted octanol–water partition coefficient (Wildman–Crippen LogP) is 2.57. The molecule has 0 bridgehead atoms. The largest absolute Gasteiger partial charge is 0.418 e. The molecule has 7 heteroatoms. The van der Waals surface area contributed by atoms with Gasteiger partial charge in [0.2, 0.25) is 0 Å². The molecule has 2 amide bonds. The minimum Gasteiger partial charge on any atom is -0.337 e. The van der Waals surface area contributed by atoms with Crippen LogP contribution in [0.1, 0.15) is 18.4 Å². The Balaban J connectivity index is 1.98. The average molecular weight is 287 g/mol. The molecular weight excluding hydrogens is 271 g/mol. The van der Waals surface area contributed by atoms with E-state index in [1.165, 1.54) is 18.2 Å². The summed E-state index contributed by atoms with van der Waals surface area (Å²) >= 11 is 0. The van der Waals surface area contributed by atoms with Crippen molar-refractivity contribution < 1.29 is 18.0 Å². The van der Waals surface area contributed by atoms with Crippen LogP contribution in [-0.4, -0.2) is 19.1 Å². The van der Waals surface area contributed by atoms with E-state index in [0.717, 1.165) is 18.9 Å². The molecule has 4 nitrogen and oxygen atoms in total. The van der Waals surface area contributed by atoms with Gasteiger partial charge in [0.1, 0.15) is 0 Å². The fraction of sp³-hybridized carbons (Fsp3) is 0.462. The molecule has 1 aliphatic carbocycles. The molecule has 0 heterocycles. The Bertz CT molecular complexity index is 498. The van der Waals surface area contributed by atoms with Crippen molar-refractivity contribution in [1.29, 1.82) is 0 Å². The van der Waals surface area contributed by atoms with Gasteiger partial charge in [0.05, 0.1) is 11.3 Å². The number of alkyl halides is 3. The van der Waals surface area contributed by atoms with Crippen LogP contribution in [0, 0.1) is 5.41 Å². The molecule has 0 unspecified atom stereocenters. The maximum absolute atomic E-state index is 12.8. The molecule has 0 saturated heterocycles. The van der Waals surface area contributed by atoms with Gasteiger partial charge < -0.3 is 16.4 Å². The fourth-order valence-electron chi connectivity index (χ4n) is 1.90. The molecule has 110 valence electrons. The number of carbonyl (C=O) groups is 1. The summed E-state index contributed by atoms with van der Waals surface area (Å²) in [5.41, 5.74) is 4.38. The molecule has 1 aromatic rings. The first kappa shape index (κ1) is 14.6. The lowest BCUT2D eigenvalue weighted by Crippen LogP contribution is -2.36. The highest BCUT2D eigenvalue weighted by atomic mass is 19.4. The van der Waals surface area contributed by atoms with Crippen molar-refractivity contribution in [2.75, 3.05) is 18.4 Å². The third-order valence-electron chi connectivity index (χ3n) is 3.49. The number of rotatable bonds is 4. The third-order valence-corrected chi connectivity index (χ3v) is 3.49. The Labute approximate surface area is 114 Å². The fourth-order valence-corrected chi connectivity index (χ4v) is 1.90. The van der Waals surface area contributed by atoms with Crippen LogP contribution >= 0.6 is 0 Å². The number of carbonyl (C=O) groups excluding carboxylic acids is 1. The molecule has 1 fully saturated rings. The number of para-hydroxylation sites is 1. The first-order valence-corrected chi connectivity index (χ1v) is 6.27. The Morgan fingerprint density at radius 2 is 1.95 bits per heavy atom. The van der Waals surface area contributed by atoms with E-state index in [9.17, 15) is 18.0 Å². The van der Waals surface area contributed by atoms with Gasteiger partial charge in [0.15, 0.2) is 0 Å². The lowest BCUT2D eigenvalue weighted by atomic mass is 10.1. The highest BCUT2D eigenvalue weighted by Gasteiger charge is 2.41. The standard InChI is InChI=1S/C13H16F3N3O/c14-13(15,16)9-3-1-2-4-10(9)19-11(20)18-8-12(7-17)5-6-12/h1-4H,5-8,17H2,(H2,18,19,20). The summed E-state index contributed by atoms with van der Waals surface area (Å²) in [4.78, 5) is 11.7. The lowest BCUT2D eigenvalue weighted by molar-refractivity contribution is -0.136. The molecule has 1 saturated carbocycles. The Kier molecular flexibility index (Phi) is 3.89. The van der Waals surface area contributed by atoms with Gasteiger partial charge in [-0.2, -0.15) is 13.2 Å². The second kappa shape index (κ2) is 5.32.